The number of aryl methyl sites for hydroxylation is 1. The Bertz CT molecular complexity index is 1310. The first-order valence-electron chi connectivity index (χ1n) is 11.5. The predicted molar refractivity (Wildman–Crippen MR) is 136 cm³/mol. The van der Waals surface area contributed by atoms with E-state index in [1.165, 1.54) is 0 Å². The number of rotatable bonds is 6. The first kappa shape index (κ1) is 22.0. The van der Waals surface area contributed by atoms with Crippen molar-refractivity contribution in [2.24, 2.45) is 7.05 Å². The van der Waals surface area contributed by atoms with Crippen molar-refractivity contribution in [1.82, 2.24) is 14.5 Å². The van der Waals surface area contributed by atoms with Gasteiger partial charge in [0.15, 0.2) is 0 Å². The Labute approximate surface area is 199 Å². The average Bonchev–Trinajstić information content (AvgIpc) is 3.20. The van der Waals surface area contributed by atoms with E-state index in [2.05, 4.69) is 51.0 Å². The molecule has 5 rings (SSSR count). The zero-order valence-electron chi connectivity index (χ0n) is 19.6. The molecule has 0 aliphatic carbocycles. The van der Waals surface area contributed by atoms with Crippen LogP contribution in [0.2, 0.25) is 0 Å². The number of piperazine rings is 1. The predicted octanol–water partition coefficient (Wildman–Crippen LogP) is 4.16. The first-order chi connectivity index (χ1) is 16.6. The number of hydrogen-bond donors (Lipinski definition) is 1. The monoisotopic (exact) mass is 455 g/mol. The minimum Gasteiger partial charge on any atom is -0.496 e. The summed E-state index contributed by atoms with van der Waals surface area (Å²) >= 11 is 0. The number of fused-ring (bicyclic) bond motifs is 1. The third-order valence-corrected chi connectivity index (χ3v) is 6.46. The Kier molecular flexibility index (Phi) is 6.18. The normalized spacial score (nSPS) is 14.4. The van der Waals surface area contributed by atoms with E-state index < -0.39 is 0 Å². The van der Waals surface area contributed by atoms with Gasteiger partial charge < -0.3 is 19.5 Å². The van der Waals surface area contributed by atoms with Crippen molar-refractivity contribution in [1.29, 1.82) is 0 Å². The number of anilines is 2. The number of imidazole rings is 1. The van der Waals surface area contributed by atoms with Crippen molar-refractivity contribution in [2.45, 2.75) is 6.54 Å². The van der Waals surface area contributed by atoms with Crippen LogP contribution >= 0.6 is 0 Å². The molecule has 1 fully saturated rings. The number of carbonyl (C=O) groups is 1. The van der Waals surface area contributed by atoms with Crippen LogP contribution in [0.1, 0.15) is 16.2 Å². The third kappa shape index (κ3) is 4.34. The van der Waals surface area contributed by atoms with Crippen molar-refractivity contribution in [3.05, 3.63) is 84.2 Å². The summed E-state index contributed by atoms with van der Waals surface area (Å²) in [6.07, 6.45) is 0. The lowest BCUT2D eigenvalue weighted by Gasteiger charge is -2.36. The molecule has 0 unspecified atom stereocenters. The number of para-hydroxylation sites is 5. The number of methoxy groups -OCH3 is 1. The van der Waals surface area contributed by atoms with Crippen molar-refractivity contribution < 1.29 is 9.53 Å². The molecule has 0 saturated carbocycles. The van der Waals surface area contributed by atoms with Crippen LogP contribution in [0.5, 0.6) is 5.75 Å². The molecule has 0 atom stereocenters. The molecule has 0 bridgehead atoms. The van der Waals surface area contributed by atoms with Gasteiger partial charge in [-0.2, -0.15) is 0 Å². The molecule has 1 aliphatic heterocycles. The van der Waals surface area contributed by atoms with Gasteiger partial charge in [0, 0.05) is 33.2 Å². The highest BCUT2D eigenvalue weighted by atomic mass is 16.5. The van der Waals surface area contributed by atoms with Crippen molar-refractivity contribution in [3.8, 4) is 5.75 Å². The number of carbonyl (C=O) groups excluding carboxylic acids is 1. The molecule has 7 nitrogen and oxygen atoms in total. The maximum atomic E-state index is 13.0. The maximum Gasteiger partial charge on any atom is 0.259 e. The largest absolute Gasteiger partial charge is 0.496 e. The van der Waals surface area contributed by atoms with Gasteiger partial charge in [-0.1, -0.05) is 36.4 Å². The Hall–Kier alpha value is -3.84. The van der Waals surface area contributed by atoms with Crippen LogP contribution in [0.25, 0.3) is 11.0 Å². The van der Waals surface area contributed by atoms with Crippen LogP contribution in [0.4, 0.5) is 11.4 Å². The zero-order valence-corrected chi connectivity index (χ0v) is 19.6. The smallest absolute Gasteiger partial charge is 0.259 e. The minimum atomic E-state index is -0.176. The molecule has 1 aliphatic rings. The Balaban J connectivity index is 1.26. The van der Waals surface area contributed by atoms with Gasteiger partial charge in [0.1, 0.15) is 11.6 Å². The van der Waals surface area contributed by atoms with Crippen LogP contribution in [-0.2, 0) is 13.6 Å². The Morgan fingerprint density at radius 2 is 1.65 bits per heavy atom. The molecule has 2 heterocycles. The van der Waals surface area contributed by atoms with Gasteiger partial charge in [-0.15, -0.1) is 0 Å². The summed E-state index contributed by atoms with van der Waals surface area (Å²) < 4.78 is 7.54. The number of nitrogens with one attached hydrogen (secondary N) is 1. The van der Waals surface area contributed by atoms with Gasteiger partial charge in [0.25, 0.3) is 5.91 Å². The quantitative estimate of drug-likeness (QED) is 0.473. The van der Waals surface area contributed by atoms with Crippen molar-refractivity contribution in [2.75, 3.05) is 43.5 Å². The SMILES string of the molecule is COc1ccccc1C(=O)Nc1ccccc1N1CCN(Cc2nc3ccccc3n2C)CC1. The van der Waals surface area contributed by atoms with E-state index in [1.54, 1.807) is 19.2 Å². The summed E-state index contributed by atoms with van der Waals surface area (Å²) in [6.45, 7) is 4.44. The molecule has 3 aromatic carbocycles. The highest BCUT2D eigenvalue weighted by Gasteiger charge is 2.22. The molecule has 4 aromatic rings. The topological polar surface area (TPSA) is 62.6 Å². The molecule has 0 radical (unpaired) electrons. The fourth-order valence-electron chi connectivity index (χ4n) is 4.56. The fourth-order valence-corrected chi connectivity index (χ4v) is 4.56. The van der Waals surface area contributed by atoms with E-state index in [-0.39, 0.29) is 5.91 Å². The standard InChI is InChI=1S/C27H29N5O2/c1-30-23-12-6-4-10-21(23)28-26(30)19-31-15-17-32(18-16-31)24-13-7-5-11-22(24)29-27(33)20-9-3-8-14-25(20)34-2/h3-14H,15-19H2,1-2H3,(H,29,33). The number of aromatic nitrogens is 2. The number of benzene rings is 3. The van der Waals surface area contributed by atoms with Gasteiger partial charge in [-0.05, 0) is 36.4 Å². The van der Waals surface area contributed by atoms with Crippen LogP contribution < -0.4 is 15.0 Å². The highest BCUT2D eigenvalue weighted by Crippen LogP contribution is 2.28. The van der Waals surface area contributed by atoms with E-state index in [0.717, 1.165) is 61.0 Å². The van der Waals surface area contributed by atoms with Crippen LogP contribution in [0.3, 0.4) is 0 Å². The molecule has 0 spiro atoms. The molecule has 34 heavy (non-hydrogen) atoms. The van der Waals surface area contributed by atoms with E-state index in [0.29, 0.717) is 11.3 Å². The van der Waals surface area contributed by atoms with E-state index in [1.807, 2.05) is 36.4 Å². The minimum absolute atomic E-state index is 0.176. The lowest BCUT2D eigenvalue weighted by atomic mass is 10.1. The molecule has 1 aromatic heterocycles. The van der Waals surface area contributed by atoms with Crippen LogP contribution in [0, 0.1) is 0 Å². The summed E-state index contributed by atoms with van der Waals surface area (Å²) in [6, 6.07) is 23.5. The number of ether oxygens (including phenoxy) is 1. The number of hydrogen-bond acceptors (Lipinski definition) is 5. The molecular weight excluding hydrogens is 426 g/mol. The zero-order chi connectivity index (χ0) is 23.5. The van der Waals surface area contributed by atoms with Gasteiger partial charge in [0.2, 0.25) is 0 Å². The molecule has 7 heteroatoms. The fraction of sp³-hybridized carbons (Fsp3) is 0.259. The van der Waals surface area contributed by atoms with E-state index in [4.69, 9.17) is 9.72 Å². The lowest BCUT2D eigenvalue weighted by Crippen LogP contribution is -2.46. The molecule has 1 N–H and O–H groups in total. The summed E-state index contributed by atoms with van der Waals surface area (Å²) in [5, 5.41) is 3.08. The van der Waals surface area contributed by atoms with E-state index in [9.17, 15) is 4.79 Å². The molecule has 1 amide bonds. The first-order valence-corrected chi connectivity index (χ1v) is 11.5. The van der Waals surface area contributed by atoms with Crippen LogP contribution in [0.15, 0.2) is 72.8 Å². The van der Waals surface area contributed by atoms with E-state index >= 15 is 0 Å². The summed E-state index contributed by atoms with van der Waals surface area (Å²) in [5.74, 6) is 1.47. The molecular formula is C27H29N5O2. The number of nitrogens with zero attached hydrogens (tertiary/aromatic N) is 4. The van der Waals surface area contributed by atoms with Gasteiger partial charge >= 0.3 is 0 Å². The summed E-state index contributed by atoms with van der Waals surface area (Å²) in [7, 11) is 3.66. The maximum absolute atomic E-state index is 13.0. The average molecular weight is 456 g/mol. The van der Waals surface area contributed by atoms with Crippen molar-refractivity contribution in [3.63, 3.8) is 0 Å². The van der Waals surface area contributed by atoms with Gasteiger partial charge in [0.05, 0.1) is 41.6 Å². The summed E-state index contributed by atoms with van der Waals surface area (Å²) in [4.78, 5) is 22.6. The number of amides is 1. The summed E-state index contributed by atoms with van der Waals surface area (Å²) in [5.41, 5.74) is 4.57. The lowest BCUT2D eigenvalue weighted by molar-refractivity contribution is 0.102. The highest BCUT2D eigenvalue weighted by molar-refractivity contribution is 6.07. The Morgan fingerprint density at radius 1 is 0.941 bits per heavy atom. The van der Waals surface area contributed by atoms with Crippen LogP contribution in [-0.4, -0.2) is 53.6 Å². The van der Waals surface area contributed by atoms with Gasteiger partial charge in [-0.3, -0.25) is 9.69 Å². The Morgan fingerprint density at radius 3 is 2.44 bits per heavy atom. The van der Waals surface area contributed by atoms with Gasteiger partial charge in [-0.25, -0.2) is 4.98 Å². The molecule has 1 saturated heterocycles. The second-order valence-corrected chi connectivity index (χ2v) is 8.51. The molecule has 174 valence electrons. The second-order valence-electron chi connectivity index (χ2n) is 8.51. The third-order valence-electron chi connectivity index (χ3n) is 6.46. The second kappa shape index (κ2) is 9.57. The van der Waals surface area contributed by atoms with Crippen molar-refractivity contribution >= 4 is 28.3 Å².